The third kappa shape index (κ3) is 3.44. The van der Waals surface area contributed by atoms with Crippen LogP contribution in [0.2, 0.25) is 5.02 Å². The van der Waals surface area contributed by atoms with Crippen LogP contribution in [0, 0.1) is 6.92 Å². The van der Waals surface area contributed by atoms with E-state index in [1.165, 1.54) is 29.5 Å². The van der Waals surface area contributed by atoms with E-state index in [0.717, 1.165) is 4.88 Å². The van der Waals surface area contributed by atoms with Gasteiger partial charge in [0.05, 0.1) is 11.6 Å². The molecule has 19 heavy (non-hydrogen) atoms. The van der Waals surface area contributed by atoms with Crippen LogP contribution in [0.25, 0.3) is 0 Å². The quantitative estimate of drug-likeness (QED) is 0.846. The van der Waals surface area contributed by atoms with Crippen LogP contribution in [0.4, 0.5) is 5.69 Å². The first-order valence-corrected chi connectivity index (χ1v) is 8.02. The summed E-state index contributed by atoms with van der Waals surface area (Å²) < 4.78 is 26.6. The summed E-state index contributed by atoms with van der Waals surface area (Å²) >= 11 is 7.33. The van der Waals surface area contributed by atoms with E-state index in [0.29, 0.717) is 10.7 Å². The van der Waals surface area contributed by atoms with Crippen molar-refractivity contribution < 1.29 is 8.42 Å². The molecule has 8 heteroatoms. The van der Waals surface area contributed by atoms with Crippen LogP contribution in [-0.2, 0) is 16.6 Å². The maximum Gasteiger partial charge on any atom is 0.242 e. The van der Waals surface area contributed by atoms with Crippen LogP contribution in [0.15, 0.2) is 29.3 Å². The van der Waals surface area contributed by atoms with Gasteiger partial charge in [-0.3, -0.25) is 0 Å². The zero-order valence-corrected chi connectivity index (χ0v) is 12.4. The van der Waals surface area contributed by atoms with Crippen molar-refractivity contribution in [1.82, 2.24) is 9.71 Å². The van der Waals surface area contributed by atoms with Crippen molar-refractivity contribution in [2.45, 2.75) is 18.4 Å². The van der Waals surface area contributed by atoms with Gasteiger partial charge < -0.3 is 5.73 Å². The number of sulfonamides is 1. The van der Waals surface area contributed by atoms with Crippen LogP contribution < -0.4 is 10.5 Å². The Morgan fingerprint density at radius 2 is 2.21 bits per heavy atom. The summed E-state index contributed by atoms with van der Waals surface area (Å²) in [4.78, 5) is 5.13. The molecule has 0 amide bonds. The minimum Gasteiger partial charge on any atom is -0.399 e. The highest BCUT2D eigenvalue weighted by molar-refractivity contribution is 7.89. The zero-order chi connectivity index (χ0) is 14.0. The topological polar surface area (TPSA) is 85.1 Å². The van der Waals surface area contributed by atoms with Crippen molar-refractivity contribution in [2.24, 2.45) is 0 Å². The molecule has 0 bridgehead atoms. The van der Waals surface area contributed by atoms with Crippen molar-refractivity contribution in [1.29, 1.82) is 0 Å². The Morgan fingerprint density at radius 1 is 1.47 bits per heavy atom. The van der Waals surface area contributed by atoms with Gasteiger partial charge in [0, 0.05) is 16.8 Å². The number of rotatable bonds is 4. The van der Waals surface area contributed by atoms with Crippen molar-refractivity contribution >= 4 is 38.6 Å². The molecular weight excluding hydrogens is 306 g/mol. The molecule has 0 aliphatic rings. The van der Waals surface area contributed by atoms with E-state index in [1.807, 2.05) is 6.92 Å². The Hall–Kier alpha value is -1.15. The number of aromatic nitrogens is 1. The normalized spacial score (nSPS) is 11.7. The molecule has 1 heterocycles. The summed E-state index contributed by atoms with van der Waals surface area (Å²) in [6.45, 7) is 2.05. The zero-order valence-electron chi connectivity index (χ0n) is 10.1. The van der Waals surface area contributed by atoms with Gasteiger partial charge in [0.2, 0.25) is 10.0 Å². The van der Waals surface area contributed by atoms with Crippen molar-refractivity contribution in [2.75, 3.05) is 5.73 Å². The van der Waals surface area contributed by atoms with Gasteiger partial charge in [0.25, 0.3) is 0 Å². The van der Waals surface area contributed by atoms with Crippen LogP contribution in [-0.4, -0.2) is 13.4 Å². The number of thiazole rings is 1. The maximum absolute atomic E-state index is 12.1. The Bertz CT molecular complexity index is 698. The molecule has 0 saturated carbocycles. The fourth-order valence-electron chi connectivity index (χ4n) is 1.45. The lowest BCUT2D eigenvalue weighted by molar-refractivity contribution is 0.581. The average Bonchev–Trinajstić information content (AvgIpc) is 2.72. The first-order valence-electron chi connectivity index (χ1n) is 5.34. The van der Waals surface area contributed by atoms with E-state index in [2.05, 4.69) is 9.71 Å². The monoisotopic (exact) mass is 317 g/mol. The summed E-state index contributed by atoms with van der Waals surface area (Å²) in [6, 6.07) is 4.28. The fraction of sp³-hybridized carbons (Fsp3) is 0.182. The minimum absolute atomic E-state index is 0.0108. The van der Waals surface area contributed by atoms with Crippen LogP contribution in [0.3, 0.4) is 0 Å². The Balaban J connectivity index is 2.18. The minimum atomic E-state index is -3.67. The van der Waals surface area contributed by atoms with Gasteiger partial charge in [0.15, 0.2) is 0 Å². The lowest BCUT2D eigenvalue weighted by Gasteiger charge is -2.07. The molecule has 5 nitrogen and oxygen atoms in total. The highest BCUT2D eigenvalue weighted by Gasteiger charge is 2.18. The van der Waals surface area contributed by atoms with Gasteiger partial charge in [-0.15, -0.1) is 11.3 Å². The lowest BCUT2D eigenvalue weighted by Crippen LogP contribution is -2.23. The summed E-state index contributed by atoms with van der Waals surface area (Å²) in [6.07, 6.45) is 1.70. The molecule has 0 saturated heterocycles. The standard InChI is InChI=1S/C11H12ClN3O2S2/c1-7-5-14-11(18-7)6-15-19(16,17)10-3-2-8(13)4-9(10)12/h2-5,15H,6,13H2,1H3. The Kier molecular flexibility index (Phi) is 4.10. The number of nitrogens with zero attached hydrogens (tertiary/aromatic N) is 1. The summed E-state index contributed by atoms with van der Waals surface area (Å²) in [7, 11) is -3.67. The predicted octanol–water partition coefficient (Wildman–Crippen LogP) is 2.17. The number of nitrogen functional groups attached to an aromatic ring is 1. The number of anilines is 1. The first kappa shape index (κ1) is 14.3. The third-order valence-electron chi connectivity index (χ3n) is 2.33. The highest BCUT2D eigenvalue weighted by Crippen LogP contribution is 2.23. The molecule has 0 aliphatic heterocycles. The van der Waals surface area contributed by atoms with Crippen molar-refractivity contribution in [3.05, 3.63) is 39.3 Å². The molecule has 102 valence electrons. The van der Waals surface area contributed by atoms with E-state index in [9.17, 15) is 8.42 Å². The molecule has 0 aliphatic carbocycles. The van der Waals surface area contributed by atoms with Gasteiger partial charge >= 0.3 is 0 Å². The van der Waals surface area contributed by atoms with E-state index in [4.69, 9.17) is 17.3 Å². The molecule has 2 rings (SSSR count). The van der Waals surface area contributed by atoms with Crippen LogP contribution in [0.5, 0.6) is 0 Å². The van der Waals surface area contributed by atoms with Gasteiger partial charge in [-0.05, 0) is 25.1 Å². The second-order valence-electron chi connectivity index (χ2n) is 3.88. The van der Waals surface area contributed by atoms with Crippen LogP contribution in [0.1, 0.15) is 9.88 Å². The van der Waals surface area contributed by atoms with Gasteiger partial charge in [-0.1, -0.05) is 11.6 Å². The maximum atomic E-state index is 12.1. The third-order valence-corrected chi connectivity index (χ3v) is 5.12. The molecule has 0 unspecified atom stereocenters. The van der Waals surface area contributed by atoms with E-state index in [-0.39, 0.29) is 16.5 Å². The fourth-order valence-corrected chi connectivity index (χ4v) is 3.81. The molecule has 3 N–H and O–H groups in total. The van der Waals surface area contributed by atoms with Crippen LogP contribution >= 0.6 is 22.9 Å². The second kappa shape index (κ2) is 5.46. The van der Waals surface area contributed by atoms with Crippen molar-refractivity contribution in [3.8, 4) is 0 Å². The number of nitrogens with two attached hydrogens (primary N) is 1. The van der Waals surface area contributed by atoms with Gasteiger partial charge in [-0.2, -0.15) is 0 Å². The molecule has 0 atom stereocenters. The Labute approximate surface area is 120 Å². The van der Waals surface area contributed by atoms with E-state index in [1.54, 1.807) is 6.20 Å². The smallest absolute Gasteiger partial charge is 0.242 e. The summed E-state index contributed by atoms with van der Waals surface area (Å²) in [5.74, 6) is 0. The summed E-state index contributed by atoms with van der Waals surface area (Å²) in [5, 5.41) is 0.801. The number of aryl methyl sites for hydroxylation is 1. The van der Waals surface area contributed by atoms with Crippen molar-refractivity contribution in [3.63, 3.8) is 0 Å². The van der Waals surface area contributed by atoms with Gasteiger partial charge in [-0.25, -0.2) is 18.1 Å². The molecule has 0 radical (unpaired) electrons. The lowest BCUT2D eigenvalue weighted by atomic mass is 10.3. The number of halogens is 1. The average molecular weight is 318 g/mol. The SMILES string of the molecule is Cc1cnc(CNS(=O)(=O)c2ccc(N)cc2Cl)s1. The number of benzene rings is 1. The highest BCUT2D eigenvalue weighted by atomic mass is 35.5. The molecule has 1 aromatic heterocycles. The molecule has 0 fully saturated rings. The molecule has 0 spiro atoms. The largest absolute Gasteiger partial charge is 0.399 e. The molecular formula is C11H12ClN3O2S2. The molecule has 1 aromatic carbocycles. The van der Waals surface area contributed by atoms with E-state index >= 15 is 0 Å². The summed E-state index contributed by atoms with van der Waals surface area (Å²) in [5.41, 5.74) is 5.95. The Morgan fingerprint density at radius 3 is 2.79 bits per heavy atom. The predicted molar refractivity (Wildman–Crippen MR) is 76.7 cm³/mol. The number of nitrogens with one attached hydrogen (secondary N) is 1. The second-order valence-corrected chi connectivity index (χ2v) is 7.34. The first-order chi connectivity index (χ1) is 8.88. The van der Waals surface area contributed by atoms with Gasteiger partial charge in [0.1, 0.15) is 9.90 Å². The number of hydrogen-bond acceptors (Lipinski definition) is 5. The number of hydrogen-bond donors (Lipinski definition) is 2. The molecule has 2 aromatic rings. The van der Waals surface area contributed by atoms with E-state index < -0.39 is 10.0 Å².